The third kappa shape index (κ3) is 4.99. The summed E-state index contributed by atoms with van der Waals surface area (Å²) in [5.41, 5.74) is 6.57. The fourth-order valence-corrected chi connectivity index (χ4v) is 5.61. The SMILES string of the molecule is CCCNC(=O)C1(CCCCc2ccc(NC(=O)c3ccccc3)cc2)c2ccccc2-c2ccccc21. The number of carbonyl (C=O) groups is 2. The summed E-state index contributed by atoms with van der Waals surface area (Å²) in [6.45, 7) is 2.76. The van der Waals surface area contributed by atoms with Gasteiger partial charge in [0.25, 0.3) is 5.91 Å². The van der Waals surface area contributed by atoms with E-state index < -0.39 is 5.41 Å². The molecular weight excluding hydrogens is 468 g/mol. The Balaban J connectivity index is 1.27. The Morgan fingerprint density at radius 3 is 1.95 bits per heavy atom. The normalized spacial score (nSPS) is 12.9. The minimum absolute atomic E-state index is 0.107. The molecule has 4 heteroatoms. The molecule has 0 bridgehead atoms. The fraction of sp³-hybridized carbons (Fsp3) is 0.235. The number of benzene rings is 4. The molecule has 1 aliphatic carbocycles. The van der Waals surface area contributed by atoms with Crippen molar-refractivity contribution in [2.45, 2.75) is 44.4 Å². The number of hydrogen-bond donors (Lipinski definition) is 2. The maximum absolute atomic E-state index is 13.8. The minimum atomic E-state index is -0.659. The summed E-state index contributed by atoms with van der Waals surface area (Å²) >= 11 is 0. The van der Waals surface area contributed by atoms with Crippen molar-refractivity contribution in [2.75, 3.05) is 11.9 Å². The predicted molar refractivity (Wildman–Crippen MR) is 154 cm³/mol. The van der Waals surface area contributed by atoms with Crippen LogP contribution in [0.15, 0.2) is 103 Å². The zero-order valence-corrected chi connectivity index (χ0v) is 21.9. The van der Waals surface area contributed by atoms with Crippen molar-refractivity contribution in [1.29, 1.82) is 0 Å². The van der Waals surface area contributed by atoms with E-state index in [9.17, 15) is 9.59 Å². The van der Waals surface area contributed by atoms with Gasteiger partial charge in [-0.25, -0.2) is 0 Å². The molecule has 0 saturated heterocycles. The van der Waals surface area contributed by atoms with Gasteiger partial charge < -0.3 is 10.6 Å². The standard InChI is InChI=1S/C34H34N2O2/c1-2-24-35-33(38)34(30-17-8-6-15-28(30)29-16-7-9-18-31(29)34)23-11-10-12-25-19-21-27(22-20-25)36-32(37)26-13-4-3-5-14-26/h3-9,13-22H,2,10-12,23-24H2,1H3,(H,35,38)(H,36,37). The molecule has 4 nitrogen and oxygen atoms in total. The second-order valence-corrected chi connectivity index (χ2v) is 9.98. The smallest absolute Gasteiger partial charge is 0.255 e. The maximum atomic E-state index is 13.8. The van der Waals surface area contributed by atoms with Gasteiger partial charge in [-0.15, -0.1) is 0 Å². The second kappa shape index (κ2) is 11.5. The van der Waals surface area contributed by atoms with E-state index in [2.05, 4.69) is 66.1 Å². The van der Waals surface area contributed by atoms with Crippen molar-refractivity contribution in [2.24, 2.45) is 0 Å². The van der Waals surface area contributed by atoms with E-state index in [0.717, 1.165) is 48.9 Å². The van der Waals surface area contributed by atoms with Crippen LogP contribution in [0.4, 0.5) is 5.69 Å². The van der Waals surface area contributed by atoms with Crippen LogP contribution in [0, 0.1) is 0 Å². The van der Waals surface area contributed by atoms with Crippen LogP contribution in [-0.4, -0.2) is 18.4 Å². The lowest BCUT2D eigenvalue weighted by Crippen LogP contribution is -2.44. The lowest BCUT2D eigenvalue weighted by molar-refractivity contribution is -0.125. The van der Waals surface area contributed by atoms with Crippen LogP contribution in [-0.2, 0) is 16.6 Å². The van der Waals surface area contributed by atoms with Gasteiger partial charge in [-0.3, -0.25) is 9.59 Å². The molecule has 192 valence electrons. The molecule has 1 aliphatic rings. The van der Waals surface area contributed by atoms with Crippen LogP contribution in [0.25, 0.3) is 11.1 Å². The highest BCUT2D eigenvalue weighted by Crippen LogP contribution is 2.51. The first-order valence-corrected chi connectivity index (χ1v) is 13.6. The highest BCUT2D eigenvalue weighted by atomic mass is 16.2. The molecule has 0 spiro atoms. The van der Waals surface area contributed by atoms with Crippen molar-refractivity contribution in [3.05, 3.63) is 125 Å². The first kappa shape index (κ1) is 25.5. The van der Waals surface area contributed by atoms with Gasteiger partial charge in [0, 0.05) is 17.8 Å². The van der Waals surface area contributed by atoms with E-state index in [4.69, 9.17) is 0 Å². The number of aryl methyl sites for hydroxylation is 1. The lowest BCUT2D eigenvalue weighted by Gasteiger charge is -2.31. The molecule has 0 atom stereocenters. The van der Waals surface area contributed by atoms with Gasteiger partial charge in [-0.2, -0.15) is 0 Å². The Kier molecular flexibility index (Phi) is 7.69. The number of rotatable bonds is 10. The molecule has 0 saturated carbocycles. The molecule has 38 heavy (non-hydrogen) atoms. The summed E-state index contributed by atoms with van der Waals surface area (Å²) in [7, 11) is 0. The first-order valence-electron chi connectivity index (χ1n) is 13.6. The van der Waals surface area contributed by atoms with Crippen molar-refractivity contribution in [1.82, 2.24) is 5.32 Å². The van der Waals surface area contributed by atoms with E-state index in [1.165, 1.54) is 16.7 Å². The van der Waals surface area contributed by atoms with Gasteiger partial charge in [-0.05, 0) is 77.8 Å². The number of hydrogen-bond acceptors (Lipinski definition) is 2. The van der Waals surface area contributed by atoms with Gasteiger partial charge in [0.05, 0.1) is 0 Å². The number of fused-ring (bicyclic) bond motifs is 3. The summed E-state index contributed by atoms with van der Waals surface area (Å²) in [6, 6.07) is 34.0. The number of anilines is 1. The lowest BCUT2D eigenvalue weighted by atomic mass is 9.73. The summed E-state index contributed by atoms with van der Waals surface area (Å²) < 4.78 is 0. The van der Waals surface area contributed by atoms with Crippen LogP contribution >= 0.6 is 0 Å². The van der Waals surface area contributed by atoms with Gasteiger partial charge in [-0.1, -0.05) is 92.2 Å². The number of carbonyl (C=O) groups excluding carboxylic acids is 2. The summed E-state index contributed by atoms with van der Waals surface area (Å²) in [4.78, 5) is 26.2. The van der Waals surface area contributed by atoms with Gasteiger partial charge in [0.2, 0.25) is 5.91 Å². The van der Waals surface area contributed by atoms with Crippen LogP contribution in [0.5, 0.6) is 0 Å². The third-order valence-electron chi connectivity index (χ3n) is 7.50. The van der Waals surface area contributed by atoms with E-state index in [1.54, 1.807) is 12.1 Å². The molecular formula is C34H34N2O2. The van der Waals surface area contributed by atoms with E-state index >= 15 is 0 Å². The Hall–Kier alpha value is -4.18. The summed E-state index contributed by atoms with van der Waals surface area (Å²) in [5, 5.41) is 6.17. The van der Waals surface area contributed by atoms with Crippen molar-refractivity contribution in [3.63, 3.8) is 0 Å². The second-order valence-electron chi connectivity index (χ2n) is 9.98. The molecule has 0 unspecified atom stereocenters. The molecule has 0 heterocycles. The monoisotopic (exact) mass is 502 g/mol. The molecule has 5 rings (SSSR count). The Morgan fingerprint density at radius 2 is 1.32 bits per heavy atom. The fourth-order valence-electron chi connectivity index (χ4n) is 5.61. The highest BCUT2D eigenvalue weighted by molar-refractivity contribution is 6.04. The van der Waals surface area contributed by atoms with Crippen LogP contribution in [0.2, 0.25) is 0 Å². The van der Waals surface area contributed by atoms with Gasteiger partial charge in [0.1, 0.15) is 5.41 Å². The number of nitrogens with one attached hydrogen (secondary N) is 2. The molecule has 0 aromatic heterocycles. The molecule has 4 aromatic carbocycles. The Morgan fingerprint density at radius 1 is 0.711 bits per heavy atom. The van der Waals surface area contributed by atoms with Gasteiger partial charge >= 0.3 is 0 Å². The zero-order chi connectivity index (χ0) is 26.4. The number of unbranched alkanes of at least 4 members (excludes halogenated alkanes) is 1. The molecule has 2 amide bonds. The highest BCUT2D eigenvalue weighted by Gasteiger charge is 2.48. The van der Waals surface area contributed by atoms with Crippen molar-refractivity contribution >= 4 is 17.5 Å². The molecule has 0 aliphatic heterocycles. The largest absolute Gasteiger partial charge is 0.355 e. The molecule has 2 N–H and O–H groups in total. The summed E-state index contributed by atoms with van der Waals surface area (Å²) in [5.74, 6) is -0.00242. The average molecular weight is 503 g/mol. The Labute approximate surface area is 225 Å². The zero-order valence-electron chi connectivity index (χ0n) is 21.9. The summed E-state index contributed by atoms with van der Waals surface area (Å²) in [6.07, 6.45) is 4.50. The average Bonchev–Trinajstić information content (AvgIpc) is 3.26. The van der Waals surface area contributed by atoms with Crippen LogP contribution in [0.3, 0.4) is 0 Å². The molecule has 0 radical (unpaired) electrons. The van der Waals surface area contributed by atoms with Crippen molar-refractivity contribution < 1.29 is 9.59 Å². The topological polar surface area (TPSA) is 58.2 Å². The van der Waals surface area contributed by atoms with Crippen LogP contribution in [0.1, 0.15) is 59.7 Å². The quantitative estimate of drug-likeness (QED) is 0.226. The van der Waals surface area contributed by atoms with E-state index in [1.807, 2.05) is 42.5 Å². The first-order chi connectivity index (χ1) is 18.6. The van der Waals surface area contributed by atoms with E-state index in [0.29, 0.717) is 12.1 Å². The predicted octanol–water partition coefficient (Wildman–Crippen LogP) is 7.14. The maximum Gasteiger partial charge on any atom is 0.255 e. The molecule has 0 fully saturated rings. The third-order valence-corrected chi connectivity index (χ3v) is 7.50. The van der Waals surface area contributed by atoms with Crippen molar-refractivity contribution in [3.8, 4) is 11.1 Å². The Bertz CT molecular complexity index is 1360. The molecule has 4 aromatic rings. The van der Waals surface area contributed by atoms with Crippen LogP contribution < -0.4 is 10.6 Å². The van der Waals surface area contributed by atoms with E-state index in [-0.39, 0.29) is 11.8 Å². The van der Waals surface area contributed by atoms with Gasteiger partial charge in [0.15, 0.2) is 0 Å². The number of amides is 2. The minimum Gasteiger partial charge on any atom is -0.355 e.